The molecule has 3 N–H and O–H groups in total. The minimum Gasteiger partial charge on any atom is -0.481 e. The van der Waals surface area contributed by atoms with Crippen LogP contribution < -0.4 is 5.32 Å². The molecule has 0 aromatic carbocycles. The lowest BCUT2D eigenvalue weighted by Gasteiger charge is -2.04. The second-order valence-electron chi connectivity index (χ2n) is 7.90. The normalized spacial score (nSPS) is 9.97. The number of H-pyrrole nitrogens is 1. The third kappa shape index (κ3) is 34.2. The lowest BCUT2D eigenvalue weighted by atomic mass is 10.1. The largest absolute Gasteiger partial charge is 0.481 e. The van der Waals surface area contributed by atoms with Gasteiger partial charge in [-0.1, -0.05) is 97.8 Å². The lowest BCUT2D eigenvalue weighted by Crippen LogP contribution is -2.16. The lowest BCUT2D eigenvalue weighted by molar-refractivity contribution is -0.137. The van der Waals surface area contributed by atoms with E-state index in [4.69, 9.17) is 5.11 Å². The standard InChI is InChI=1S/C16H35N.C6H12O2.C3H4N2/c1-3-5-7-9-11-13-15-17-16-14-12-10-8-6-4-2;1-2-3-4-5-6(7)8;1-2-5-3-4-1/h17H,3-16H2,1-2H3;2-5H2,1H3,(H,7,8);1-3H,(H,4,5). The molecule has 0 spiro atoms. The van der Waals surface area contributed by atoms with Gasteiger partial charge in [0.15, 0.2) is 0 Å². The molecule has 0 atom stereocenters. The molecule has 30 heavy (non-hydrogen) atoms. The van der Waals surface area contributed by atoms with Crippen molar-refractivity contribution in [3.05, 3.63) is 18.7 Å². The molecule has 0 aliphatic rings. The highest BCUT2D eigenvalue weighted by Crippen LogP contribution is 2.05. The van der Waals surface area contributed by atoms with E-state index in [0.717, 1.165) is 19.3 Å². The Morgan fingerprint density at radius 3 is 1.60 bits per heavy atom. The summed E-state index contributed by atoms with van der Waals surface area (Å²) >= 11 is 0. The maximum atomic E-state index is 9.87. The van der Waals surface area contributed by atoms with Gasteiger partial charge in [-0.2, -0.15) is 0 Å². The molecule has 1 rings (SSSR count). The maximum Gasteiger partial charge on any atom is 0.303 e. The Hall–Kier alpha value is -1.36. The number of nitrogens with zero attached hydrogens (tertiary/aromatic N) is 1. The van der Waals surface area contributed by atoms with Gasteiger partial charge >= 0.3 is 5.97 Å². The Balaban J connectivity index is 0. The van der Waals surface area contributed by atoms with Crippen LogP contribution in [0.2, 0.25) is 0 Å². The molecule has 0 amide bonds. The summed E-state index contributed by atoms with van der Waals surface area (Å²) < 4.78 is 0. The van der Waals surface area contributed by atoms with Crippen molar-refractivity contribution in [2.24, 2.45) is 0 Å². The number of unbranched alkanes of at least 4 members (excludes halogenated alkanes) is 12. The van der Waals surface area contributed by atoms with Crippen molar-refractivity contribution in [1.82, 2.24) is 15.3 Å². The van der Waals surface area contributed by atoms with Gasteiger partial charge in [0.05, 0.1) is 6.33 Å². The molecular weight excluding hydrogens is 374 g/mol. The molecular formula is C25H51N3O2. The molecule has 0 radical (unpaired) electrons. The first-order valence-electron chi connectivity index (χ1n) is 12.5. The van der Waals surface area contributed by atoms with Crippen LogP contribution in [-0.2, 0) is 4.79 Å². The summed E-state index contributed by atoms with van der Waals surface area (Å²) in [5.74, 6) is -0.682. The van der Waals surface area contributed by atoms with Gasteiger partial charge in [-0.3, -0.25) is 4.79 Å². The highest BCUT2D eigenvalue weighted by Gasteiger charge is 1.93. The average Bonchev–Trinajstić information content (AvgIpc) is 3.32. The number of carboxylic acid groups (broad SMARTS) is 1. The van der Waals surface area contributed by atoms with E-state index in [1.54, 1.807) is 18.7 Å². The van der Waals surface area contributed by atoms with Gasteiger partial charge in [0.1, 0.15) is 0 Å². The first-order chi connectivity index (χ1) is 14.7. The quantitative estimate of drug-likeness (QED) is 0.215. The van der Waals surface area contributed by atoms with Gasteiger partial charge in [0, 0.05) is 18.8 Å². The van der Waals surface area contributed by atoms with Crippen molar-refractivity contribution in [2.75, 3.05) is 13.1 Å². The molecule has 5 nitrogen and oxygen atoms in total. The minimum absolute atomic E-state index is 0.327. The number of hydrogen-bond donors (Lipinski definition) is 3. The smallest absolute Gasteiger partial charge is 0.303 e. The molecule has 0 aliphatic heterocycles. The number of rotatable bonds is 18. The average molecular weight is 426 g/mol. The zero-order valence-electron chi connectivity index (χ0n) is 20.3. The summed E-state index contributed by atoms with van der Waals surface area (Å²) in [6, 6.07) is 0. The number of aromatic amines is 1. The summed E-state index contributed by atoms with van der Waals surface area (Å²) in [6.07, 6.45) is 25.3. The van der Waals surface area contributed by atoms with E-state index in [9.17, 15) is 4.79 Å². The van der Waals surface area contributed by atoms with Crippen LogP contribution in [0.1, 0.15) is 124 Å². The molecule has 0 bridgehead atoms. The first-order valence-corrected chi connectivity index (χ1v) is 12.5. The van der Waals surface area contributed by atoms with Crippen LogP contribution in [0.3, 0.4) is 0 Å². The van der Waals surface area contributed by atoms with E-state index >= 15 is 0 Å². The van der Waals surface area contributed by atoms with Crippen molar-refractivity contribution < 1.29 is 9.90 Å². The number of nitrogens with one attached hydrogen (secondary N) is 2. The van der Waals surface area contributed by atoms with Crippen molar-refractivity contribution >= 4 is 5.97 Å². The Bertz CT molecular complexity index is 366. The van der Waals surface area contributed by atoms with Gasteiger partial charge in [0.2, 0.25) is 0 Å². The molecule has 0 aliphatic carbocycles. The third-order valence-corrected chi connectivity index (χ3v) is 4.81. The molecule has 0 fully saturated rings. The number of imidazole rings is 1. The molecule has 1 heterocycles. The van der Waals surface area contributed by atoms with Crippen LogP contribution in [0.5, 0.6) is 0 Å². The highest BCUT2D eigenvalue weighted by molar-refractivity contribution is 5.66. The second kappa shape index (κ2) is 29.8. The summed E-state index contributed by atoms with van der Waals surface area (Å²) in [4.78, 5) is 16.3. The Morgan fingerprint density at radius 1 is 0.767 bits per heavy atom. The van der Waals surface area contributed by atoms with Crippen molar-refractivity contribution in [3.63, 3.8) is 0 Å². The number of carboxylic acids is 1. The molecule has 0 unspecified atom stereocenters. The monoisotopic (exact) mass is 425 g/mol. The fraction of sp³-hybridized carbons (Fsp3) is 0.840. The van der Waals surface area contributed by atoms with E-state index in [-0.39, 0.29) is 0 Å². The molecule has 0 saturated carbocycles. The Kier molecular flexibility index (Phi) is 30.7. The summed E-state index contributed by atoms with van der Waals surface area (Å²) in [5.41, 5.74) is 0. The predicted molar refractivity (Wildman–Crippen MR) is 130 cm³/mol. The van der Waals surface area contributed by atoms with Crippen LogP contribution in [-0.4, -0.2) is 34.1 Å². The number of aromatic nitrogens is 2. The summed E-state index contributed by atoms with van der Waals surface area (Å²) in [6.45, 7) is 9.09. The number of hydrogen-bond acceptors (Lipinski definition) is 3. The Labute approximate surface area is 186 Å². The van der Waals surface area contributed by atoms with Gasteiger partial charge in [-0.05, 0) is 32.4 Å². The van der Waals surface area contributed by atoms with Crippen molar-refractivity contribution in [1.29, 1.82) is 0 Å². The second-order valence-corrected chi connectivity index (χ2v) is 7.90. The summed E-state index contributed by atoms with van der Waals surface area (Å²) in [7, 11) is 0. The van der Waals surface area contributed by atoms with E-state index in [2.05, 4.69) is 36.1 Å². The van der Waals surface area contributed by atoms with Crippen molar-refractivity contribution in [3.8, 4) is 0 Å². The predicted octanol–water partition coefficient (Wildman–Crippen LogP) is 7.36. The highest BCUT2D eigenvalue weighted by atomic mass is 16.4. The SMILES string of the molecule is CCCCCC(=O)O.CCCCCCCCNCCCCCCCC.c1c[nH]cn1. The molecule has 178 valence electrons. The van der Waals surface area contributed by atoms with Gasteiger partial charge in [0.25, 0.3) is 0 Å². The van der Waals surface area contributed by atoms with E-state index in [0.29, 0.717) is 6.42 Å². The fourth-order valence-corrected chi connectivity index (χ4v) is 2.93. The number of aliphatic carboxylic acids is 1. The Morgan fingerprint density at radius 2 is 1.23 bits per heavy atom. The van der Waals surface area contributed by atoms with Gasteiger partial charge in [-0.15, -0.1) is 0 Å². The molecule has 1 aromatic heterocycles. The maximum absolute atomic E-state index is 9.87. The van der Waals surface area contributed by atoms with Crippen LogP contribution in [0.25, 0.3) is 0 Å². The van der Waals surface area contributed by atoms with Crippen LogP contribution in [0.4, 0.5) is 0 Å². The molecule has 5 heteroatoms. The van der Waals surface area contributed by atoms with Crippen LogP contribution >= 0.6 is 0 Å². The zero-order valence-corrected chi connectivity index (χ0v) is 20.3. The van der Waals surface area contributed by atoms with Crippen LogP contribution in [0, 0.1) is 0 Å². The van der Waals surface area contributed by atoms with Gasteiger partial charge in [-0.25, -0.2) is 4.98 Å². The third-order valence-electron chi connectivity index (χ3n) is 4.81. The van der Waals surface area contributed by atoms with E-state index < -0.39 is 5.97 Å². The zero-order chi connectivity index (χ0) is 22.5. The van der Waals surface area contributed by atoms with E-state index in [1.807, 2.05) is 0 Å². The molecule has 0 saturated heterocycles. The first kappa shape index (κ1) is 30.8. The molecule has 1 aromatic rings. The fourth-order valence-electron chi connectivity index (χ4n) is 2.93. The van der Waals surface area contributed by atoms with Gasteiger partial charge < -0.3 is 15.4 Å². The summed E-state index contributed by atoms with van der Waals surface area (Å²) in [5, 5.41) is 11.7. The van der Waals surface area contributed by atoms with Crippen molar-refractivity contribution in [2.45, 2.75) is 124 Å². The number of carbonyl (C=O) groups is 1. The minimum atomic E-state index is -0.682. The topological polar surface area (TPSA) is 78.0 Å². The van der Waals surface area contributed by atoms with Crippen LogP contribution in [0.15, 0.2) is 18.7 Å². The van der Waals surface area contributed by atoms with E-state index in [1.165, 1.54) is 90.1 Å².